The van der Waals surface area contributed by atoms with E-state index in [1.54, 1.807) is 6.07 Å². The zero-order valence-electron chi connectivity index (χ0n) is 7.66. The van der Waals surface area contributed by atoms with Crippen molar-refractivity contribution in [1.29, 1.82) is 0 Å². The van der Waals surface area contributed by atoms with Crippen molar-refractivity contribution in [2.24, 2.45) is 5.73 Å². The van der Waals surface area contributed by atoms with Crippen molar-refractivity contribution in [3.63, 3.8) is 0 Å². The molecule has 1 unspecified atom stereocenters. The van der Waals surface area contributed by atoms with E-state index in [4.69, 9.17) is 5.73 Å². The second-order valence-corrected chi connectivity index (χ2v) is 3.08. The van der Waals surface area contributed by atoms with Crippen LogP contribution in [0.1, 0.15) is 12.0 Å². The zero-order chi connectivity index (χ0) is 10.6. The molecule has 0 aliphatic carbocycles. The van der Waals surface area contributed by atoms with Crippen LogP contribution < -0.4 is 5.73 Å². The normalized spacial score (nSPS) is 14.0. The molecule has 0 aromatic heterocycles. The Bertz CT molecular complexity index is 277. The molecule has 0 saturated heterocycles. The quantitative estimate of drug-likeness (QED) is 0.775. The van der Waals surface area contributed by atoms with Gasteiger partial charge in [0.2, 0.25) is 0 Å². The van der Waals surface area contributed by atoms with Gasteiger partial charge in [-0.2, -0.15) is 8.78 Å². The van der Waals surface area contributed by atoms with Crippen molar-refractivity contribution in [3.8, 4) is 0 Å². The average Bonchev–Trinajstić information content (AvgIpc) is 2.19. The first-order valence-electron chi connectivity index (χ1n) is 4.40. The highest BCUT2D eigenvalue weighted by Crippen LogP contribution is 2.32. The van der Waals surface area contributed by atoms with Crippen LogP contribution in [0.2, 0.25) is 0 Å². The molecule has 0 aliphatic rings. The molecule has 0 bridgehead atoms. The molecule has 0 aliphatic heterocycles. The lowest BCUT2D eigenvalue weighted by atomic mass is 10.0. The van der Waals surface area contributed by atoms with Crippen molar-refractivity contribution in [2.75, 3.05) is 6.54 Å². The molecule has 0 saturated carbocycles. The summed E-state index contributed by atoms with van der Waals surface area (Å²) in [4.78, 5) is 0. The fraction of sp³-hybridized carbons (Fsp3) is 0.400. The molecule has 0 fully saturated rings. The van der Waals surface area contributed by atoms with E-state index in [1.807, 2.05) is 0 Å². The highest BCUT2D eigenvalue weighted by atomic mass is 19.3. The third-order valence-corrected chi connectivity index (χ3v) is 2.02. The van der Waals surface area contributed by atoms with Crippen LogP contribution in [0, 0.1) is 0 Å². The summed E-state index contributed by atoms with van der Waals surface area (Å²) in [5, 5.41) is 9.20. The first-order valence-corrected chi connectivity index (χ1v) is 4.40. The Labute approximate surface area is 81.4 Å². The van der Waals surface area contributed by atoms with Crippen molar-refractivity contribution in [1.82, 2.24) is 0 Å². The first-order chi connectivity index (χ1) is 6.59. The van der Waals surface area contributed by atoms with Crippen LogP contribution in [0.5, 0.6) is 0 Å². The van der Waals surface area contributed by atoms with E-state index < -0.39 is 12.0 Å². The zero-order valence-corrected chi connectivity index (χ0v) is 7.66. The summed E-state index contributed by atoms with van der Waals surface area (Å²) in [6.45, 7) is 0.0452. The minimum Gasteiger partial charge on any atom is -0.386 e. The third kappa shape index (κ3) is 2.27. The largest absolute Gasteiger partial charge is 0.386 e. The average molecular weight is 201 g/mol. The van der Waals surface area contributed by atoms with Crippen molar-refractivity contribution < 1.29 is 13.9 Å². The summed E-state index contributed by atoms with van der Waals surface area (Å²) in [5.74, 6) is -3.22. The predicted molar refractivity (Wildman–Crippen MR) is 50.0 cm³/mol. The van der Waals surface area contributed by atoms with Gasteiger partial charge in [-0.25, -0.2) is 0 Å². The Balaban J connectivity index is 2.84. The van der Waals surface area contributed by atoms with Gasteiger partial charge in [0.1, 0.15) is 6.10 Å². The Morgan fingerprint density at radius 1 is 1.29 bits per heavy atom. The molecule has 14 heavy (non-hydrogen) atoms. The number of aliphatic hydroxyl groups excluding tert-OH is 1. The molecule has 3 N–H and O–H groups in total. The first kappa shape index (κ1) is 11.1. The summed E-state index contributed by atoms with van der Waals surface area (Å²) in [5.41, 5.74) is 4.93. The second-order valence-electron chi connectivity index (χ2n) is 3.08. The number of benzene rings is 1. The van der Waals surface area contributed by atoms with Crippen LogP contribution >= 0.6 is 0 Å². The van der Waals surface area contributed by atoms with E-state index in [9.17, 15) is 13.9 Å². The van der Waals surface area contributed by atoms with Crippen LogP contribution in [0.4, 0.5) is 8.78 Å². The topological polar surface area (TPSA) is 46.2 Å². The van der Waals surface area contributed by atoms with Gasteiger partial charge in [0, 0.05) is 5.56 Å². The van der Waals surface area contributed by atoms with E-state index in [2.05, 4.69) is 0 Å². The van der Waals surface area contributed by atoms with E-state index in [-0.39, 0.29) is 18.5 Å². The van der Waals surface area contributed by atoms with Crippen LogP contribution in [0.25, 0.3) is 0 Å². The Morgan fingerprint density at radius 3 is 2.36 bits per heavy atom. The van der Waals surface area contributed by atoms with Gasteiger partial charge in [-0.1, -0.05) is 30.3 Å². The Morgan fingerprint density at radius 2 is 1.86 bits per heavy atom. The van der Waals surface area contributed by atoms with Gasteiger partial charge in [-0.15, -0.1) is 0 Å². The molecule has 4 heteroatoms. The number of nitrogens with two attached hydrogens (primary N) is 1. The molecular formula is C10H13F2NO. The number of halogens is 2. The van der Waals surface area contributed by atoms with Gasteiger partial charge < -0.3 is 10.8 Å². The molecule has 0 amide bonds. The summed E-state index contributed by atoms with van der Waals surface area (Å²) >= 11 is 0. The van der Waals surface area contributed by atoms with E-state index in [0.29, 0.717) is 0 Å². The molecule has 1 atom stereocenters. The third-order valence-electron chi connectivity index (χ3n) is 2.02. The number of rotatable bonds is 4. The second kappa shape index (κ2) is 4.48. The summed E-state index contributed by atoms with van der Waals surface area (Å²) in [6, 6.07) is 7.26. The maximum atomic E-state index is 13.4. The van der Waals surface area contributed by atoms with Crippen molar-refractivity contribution in [3.05, 3.63) is 35.9 Å². The fourth-order valence-electron chi connectivity index (χ4n) is 1.19. The number of aliphatic hydroxyl groups is 1. The van der Waals surface area contributed by atoms with Crippen LogP contribution in [0.3, 0.4) is 0 Å². The van der Waals surface area contributed by atoms with Crippen LogP contribution in [0.15, 0.2) is 30.3 Å². The molecule has 2 nitrogen and oxygen atoms in total. The van der Waals surface area contributed by atoms with Crippen molar-refractivity contribution >= 4 is 0 Å². The van der Waals surface area contributed by atoms with E-state index in [1.165, 1.54) is 24.3 Å². The van der Waals surface area contributed by atoms with Crippen LogP contribution in [-0.4, -0.2) is 17.8 Å². The van der Waals surface area contributed by atoms with Gasteiger partial charge in [0.05, 0.1) is 0 Å². The summed E-state index contributed by atoms with van der Waals surface area (Å²) in [7, 11) is 0. The van der Waals surface area contributed by atoms with Gasteiger partial charge in [0.15, 0.2) is 0 Å². The number of alkyl halides is 2. The highest BCUT2D eigenvalue weighted by molar-refractivity contribution is 5.21. The maximum Gasteiger partial charge on any atom is 0.298 e. The smallest absolute Gasteiger partial charge is 0.298 e. The van der Waals surface area contributed by atoms with Gasteiger partial charge >= 0.3 is 0 Å². The lowest BCUT2D eigenvalue weighted by molar-refractivity contribution is -0.116. The van der Waals surface area contributed by atoms with Gasteiger partial charge in [-0.05, 0) is 13.0 Å². The van der Waals surface area contributed by atoms with E-state index >= 15 is 0 Å². The van der Waals surface area contributed by atoms with Gasteiger partial charge in [0.25, 0.3) is 5.92 Å². The Kier molecular flexibility index (Phi) is 3.55. The Hall–Kier alpha value is -1.00. The molecule has 78 valence electrons. The minimum absolute atomic E-state index is 0.0452. The molecule has 0 spiro atoms. The van der Waals surface area contributed by atoms with Gasteiger partial charge in [-0.3, -0.25) is 0 Å². The minimum atomic E-state index is -3.22. The predicted octanol–water partition coefficient (Wildman–Crippen LogP) is 1.49. The lowest BCUT2D eigenvalue weighted by Crippen LogP contribution is -2.32. The molecule has 0 radical (unpaired) electrons. The SMILES string of the molecule is NCCC(O)C(F)(F)c1ccccc1. The fourth-order valence-corrected chi connectivity index (χ4v) is 1.19. The van der Waals surface area contributed by atoms with Crippen molar-refractivity contribution in [2.45, 2.75) is 18.4 Å². The molecule has 1 aromatic carbocycles. The molecule has 1 rings (SSSR count). The molecular weight excluding hydrogens is 188 g/mol. The highest BCUT2D eigenvalue weighted by Gasteiger charge is 2.39. The molecule has 1 aromatic rings. The lowest BCUT2D eigenvalue weighted by Gasteiger charge is -2.22. The summed E-state index contributed by atoms with van der Waals surface area (Å²) in [6.07, 6.45) is -1.82. The van der Waals surface area contributed by atoms with Crippen LogP contribution in [-0.2, 0) is 5.92 Å². The molecule has 0 heterocycles. The van der Waals surface area contributed by atoms with E-state index in [0.717, 1.165) is 0 Å². The number of hydrogen-bond acceptors (Lipinski definition) is 2. The number of hydrogen-bond donors (Lipinski definition) is 2. The monoisotopic (exact) mass is 201 g/mol. The maximum absolute atomic E-state index is 13.4. The summed E-state index contributed by atoms with van der Waals surface area (Å²) < 4.78 is 26.9. The standard InChI is InChI=1S/C10H13F2NO/c11-10(12,9(14)6-7-13)8-4-2-1-3-5-8/h1-5,9,14H,6-7,13H2.